The van der Waals surface area contributed by atoms with Gasteiger partial charge in [-0.2, -0.15) is 11.8 Å². The van der Waals surface area contributed by atoms with Crippen molar-refractivity contribution in [3.8, 4) is 5.75 Å². The van der Waals surface area contributed by atoms with E-state index in [9.17, 15) is 9.59 Å². The van der Waals surface area contributed by atoms with Crippen LogP contribution in [0.2, 0.25) is 5.02 Å². The molecule has 116 valence electrons. The maximum absolute atomic E-state index is 11.9. The molecular formula is C14H19ClN2O3S. The second-order valence-corrected chi connectivity index (χ2v) is 5.98. The van der Waals surface area contributed by atoms with Gasteiger partial charge in [0.05, 0.1) is 18.6 Å². The first-order chi connectivity index (χ1) is 9.93. The van der Waals surface area contributed by atoms with Crippen LogP contribution in [0.4, 0.5) is 5.69 Å². The van der Waals surface area contributed by atoms with Gasteiger partial charge in [0.25, 0.3) is 0 Å². The fraction of sp³-hybridized carbons (Fsp3) is 0.429. The number of nitrogens with one attached hydrogen (secondary N) is 1. The fourth-order valence-electron chi connectivity index (χ4n) is 1.63. The number of amides is 2. The lowest BCUT2D eigenvalue weighted by Crippen LogP contribution is -2.15. The maximum Gasteiger partial charge on any atom is 0.234 e. The lowest BCUT2D eigenvalue weighted by molar-refractivity contribution is -0.118. The number of aryl methyl sites for hydroxylation is 1. The third-order valence-electron chi connectivity index (χ3n) is 2.70. The van der Waals surface area contributed by atoms with Crippen molar-refractivity contribution in [2.45, 2.75) is 19.8 Å². The molecule has 1 aromatic rings. The summed E-state index contributed by atoms with van der Waals surface area (Å²) in [4.78, 5) is 22.4. The molecule has 7 heteroatoms. The Morgan fingerprint density at radius 2 is 2.14 bits per heavy atom. The summed E-state index contributed by atoms with van der Waals surface area (Å²) in [7, 11) is 1.52. The zero-order valence-electron chi connectivity index (χ0n) is 12.1. The summed E-state index contributed by atoms with van der Waals surface area (Å²) >= 11 is 7.47. The number of halogens is 1. The van der Waals surface area contributed by atoms with Gasteiger partial charge in [-0.1, -0.05) is 11.6 Å². The molecule has 0 heterocycles. The Kier molecular flexibility index (Phi) is 7.39. The van der Waals surface area contributed by atoms with Crippen LogP contribution in [0.1, 0.15) is 18.4 Å². The van der Waals surface area contributed by atoms with Gasteiger partial charge in [0.15, 0.2) is 0 Å². The number of hydrogen-bond donors (Lipinski definition) is 2. The molecule has 0 bridgehead atoms. The summed E-state index contributed by atoms with van der Waals surface area (Å²) in [5.74, 6) is 1.11. The van der Waals surface area contributed by atoms with Gasteiger partial charge in [0, 0.05) is 17.5 Å². The summed E-state index contributed by atoms with van der Waals surface area (Å²) in [5, 5.41) is 3.38. The first-order valence-corrected chi connectivity index (χ1v) is 7.97. The molecule has 0 aliphatic heterocycles. The molecule has 1 rings (SSSR count). The molecule has 5 nitrogen and oxygen atoms in total. The van der Waals surface area contributed by atoms with Crippen LogP contribution >= 0.6 is 23.4 Å². The van der Waals surface area contributed by atoms with Crippen LogP contribution < -0.4 is 15.8 Å². The summed E-state index contributed by atoms with van der Waals surface area (Å²) in [6.07, 6.45) is 1.02. The molecule has 0 aliphatic rings. The molecule has 0 spiro atoms. The summed E-state index contributed by atoms with van der Waals surface area (Å²) in [5.41, 5.74) is 6.50. The largest absolute Gasteiger partial charge is 0.495 e. The first-order valence-electron chi connectivity index (χ1n) is 6.44. The monoisotopic (exact) mass is 330 g/mol. The van der Waals surface area contributed by atoms with Crippen LogP contribution in [0, 0.1) is 6.92 Å². The molecular weight excluding hydrogens is 312 g/mol. The van der Waals surface area contributed by atoms with Crippen molar-refractivity contribution in [1.82, 2.24) is 0 Å². The van der Waals surface area contributed by atoms with E-state index in [-0.39, 0.29) is 11.8 Å². The Morgan fingerprint density at radius 1 is 1.43 bits per heavy atom. The van der Waals surface area contributed by atoms with Crippen LogP contribution in [0.3, 0.4) is 0 Å². The number of carbonyl (C=O) groups excluding carboxylic acids is 2. The number of carbonyl (C=O) groups is 2. The van der Waals surface area contributed by atoms with Crippen LogP contribution in [-0.2, 0) is 9.59 Å². The van der Waals surface area contributed by atoms with Gasteiger partial charge in [-0.25, -0.2) is 0 Å². The average Bonchev–Trinajstić information content (AvgIpc) is 2.41. The minimum absolute atomic E-state index is 0.126. The van der Waals surface area contributed by atoms with Crippen molar-refractivity contribution in [3.05, 3.63) is 22.7 Å². The highest BCUT2D eigenvalue weighted by atomic mass is 35.5. The van der Waals surface area contributed by atoms with Gasteiger partial charge >= 0.3 is 0 Å². The molecule has 2 amide bonds. The number of methoxy groups -OCH3 is 1. The highest BCUT2D eigenvalue weighted by Gasteiger charge is 2.10. The quantitative estimate of drug-likeness (QED) is 0.718. The third-order valence-corrected chi connectivity index (χ3v) is 4.15. The van der Waals surface area contributed by atoms with E-state index in [2.05, 4.69) is 5.32 Å². The number of ether oxygens (including phenoxy) is 1. The number of rotatable bonds is 8. The van der Waals surface area contributed by atoms with Crippen molar-refractivity contribution in [1.29, 1.82) is 0 Å². The second kappa shape index (κ2) is 8.79. The smallest absolute Gasteiger partial charge is 0.234 e. The number of hydrogen-bond acceptors (Lipinski definition) is 4. The van der Waals surface area contributed by atoms with Gasteiger partial charge in [0.1, 0.15) is 5.75 Å². The van der Waals surface area contributed by atoms with Crippen molar-refractivity contribution in [3.63, 3.8) is 0 Å². The van der Waals surface area contributed by atoms with Crippen LogP contribution in [0.25, 0.3) is 0 Å². The van der Waals surface area contributed by atoms with E-state index in [0.29, 0.717) is 40.8 Å². The van der Waals surface area contributed by atoms with Crippen molar-refractivity contribution in [2.24, 2.45) is 5.73 Å². The van der Waals surface area contributed by atoms with Crippen molar-refractivity contribution in [2.75, 3.05) is 23.9 Å². The number of thioether (sulfide) groups is 1. The Hall–Kier alpha value is -1.40. The van der Waals surface area contributed by atoms with Crippen LogP contribution in [0.5, 0.6) is 5.75 Å². The number of benzene rings is 1. The summed E-state index contributed by atoms with van der Waals surface area (Å²) in [6.45, 7) is 1.86. The molecule has 0 unspecified atom stereocenters. The van der Waals surface area contributed by atoms with Gasteiger partial charge < -0.3 is 15.8 Å². The molecule has 0 aliphatic carbocycles. The average molecular weight is 331 g/mol. The van der Waals surface area contributed by atoms with Crippen LogP contribution in [-0.4, -0.2) is 30.4 Å². The van der Waals surface area contributed by atoms with Crippen molar-refractivity contribution < 1.29 is 14.3 Å². The van der Waals surface area contributed by atoms with E-state index >= 15 is 0 Å². The molecule has 0 atom stereocenters. The topological polar surface area (TPSA) is 81.4 Å². The number of nitrogens with two attached hydrogens (primary N) is 1. The van der Waals surface area contributed by atoms with E-state index in [4.69, 9.17) is 22.1 Å². The third kappa shape index (κ3) is 6.27. The normalized spacial score (nSPS) is 10.2. The predicted molar refractivity (Wildman–Crippen MR) is 87.1 cm³/mol. The summed E-state index contributed by atoms with van der Waals surface area (Å²) < 4.78 is 5.19. The van der Waals surface area contributed by atoms with Gasteiger partial charge in [0.2, 0.25) is 11.8 Å². The highest BCUT2D eigenvalue weighted by Crippen LogP contribution is 2.30. The lowest BCUT2D eigenvalue weighted by atomic mass is 10.2. The molecule has 21 heavy (non-hydrogen) atoms. The Balaban J connectivity index is 2.47. The first kappa shape index (κ1) is 17.7. The van der Waals surface area contributed by atoms with E-state index in [1.54, 1.807) is 12.1 Å². The van der Waals surface area contributed by atoms with Crippen molar-refractivity contribution >= 4 is 40.9 Å². The van der Waals surface area contributed by atoms with Gasteiger partial charge in [-0.15, -0.1) is 0 Å². The lowest BCUT2D eigenvalue weighted by Gasteiger charge is -2.12. The maximum atomic E-state index is 11.9. The van der Waals surface area contributed by atoms with E-state index in [0.717, 1.165) is 5.56 Å². The SMILES string of the molecule is COc1cc(Cl)c(C)cc1NC(=O)CSCCCC(N)=O. The molecule has 0 saturated heterocycles. The van der Waals surface area contributed by atoms with E-state index < -0.39 is 0 Å². The highest BCUT2D eigenvalue weighted by molar-refractivity contribution is 7.99. The standard InChI is InChI=1S/C14H19ClN2O3S/c1-9-6-11(12(20-2)7-10(9)15)17-14(19)8-21-5-3-4-13(16)18/h6-7H,3-5,8H2,1-2H3,(H2,16,18)(H,17,19). The molecule has 0 radical (unpaired) electrons. The molecule has 0 saturated carbocycles. The molecule has 1 aromatic carbocycles. The zero-order valence-corrected chi connectivity index (χ0v) is 13.6. The minimum Gasteiger partial charge on any atom is -0.495 e. The molecule has 0 aromatic heterocycles. The molecule has 3 N–H and O–H groups in total. The van der Waals surface area contributed by atoms with Gasteiger partial charge in [-0.3, -0.25) is 9.59 Å². The zero-order chi connectivity index (χ0) is 15.8. The van der Waals surface area contributed by atoms with E-state index in [1.807, 2.05) is 6.92 Å². The Morgan fingerprint density at radius 3 is 2.76 bits per heavy atom. The number of primary amides is 1. The van der Waals surface area contributed by atoms with Crippen LogP contribution in [0.15, 0.2) is 12.1 Å². The minimum atomic E-state index is -0.318. The Bertz CT molecular complexity index is 523. The fourth-order valence-corrected chi connectivity index (χ4v) is 2.53. The summed E-state index contributed by atoms with van der Waals surface area (Å²) in [6, 6.07) is 3.45. The predicted octanol–water partition coefficient (Wildman–Crippen LogP) is 2.59. The molecule has 0 fully saturated rings. The Labute approximate surface area is 133 Å². The van der Waals surface area contributed by atoms with E-state index in [1.165, 1.54) is 18.9 Å². The second-order valence-electron chi connectivity index (χ2n) is 4.47. The number of anilines is 1. The van der Waals surface area contributed by atoms with Gasteiger partial charge in [-0.05, 0) is 30.7 Å².